The number of anilines is 2. The van der Waals surface area contributed by atoms with Crippen LogP contribution in [0.4, 0.5) is 10.8 Å². The van der Waals surface area contributed by atoms with Crippen LogP contribution in [0.25, 0.3) is 0 Å². The smallest absolute Gasteiger partial charge is 0.243 e. The van der Waals surface area contributed by atoms with Crippen molar-refractivity contribution in [1.82, 2.24) is 14.5 Å². The highest BCUT2D eigenvalue weighted by atomic mass is 32.2. The number of hydrogen-bond acceptors (Lipinski definition) is 8. The standard InChI is InChI=1S/C19H21N5O3S3/c1-20-18-22-23-19(29-18)28-13-17(25)21-15-8-10-16(11-9-15)30(26,27)24(2)12-14-6-4-3-5-7-14/h3-11H,12-13H2,1-2H3,(H,20,22)(H,21,25). The maximum absolute atomic E-state index is 12.8. The number of aromatic nitrogens is 2. The Morgan fingerprint density at radius 1 is 1.10 bits per heavy atom. The highest BCUT2D eigenvalue weighted by molar-refractivity contribution is 8.01. The first-order chi connectivity index (χ1) is 14.4. The van der Waals surface area contributed by atoms with E-state index >= 15 is 0 Å². The Hall–Kier alpha value is -2.47. The molecule has 3 rings (SSSR count). The first kappa shape index (κ1) is 22.2. The minimum absolute atomic E-state index is 0.168. The molecule has 11 heteroatoms. The summed E-state index contributed by atoms with van der Waals surface area (Å²) in [5.41, 5.74) is 1.43. The van der Waals surface area contributed by atoms with Gasteiger partial charge < -0.3 is 10.6 Å². The van der Waals surface area contributed by atoms with Gasteiger partial charge >= 0.3 is 0 Å². The monoisotopic (exact) mass is 463 g/mol. The van der Waals surface area contributed by atoms with Crippen LogP contribution < -0.4 is 10.6 Å². The molecule has 0 aliphatic carbocycles. The predicted molar refractivity (Wildman–Crippen MR) is 120 cm³/mol. The summed E-state index contributed by atoms with van der Waals surface area (Å²) < 4.78 is 27.5. The van der Waals surface area contributed by atoms with E-state index in [1.807, 2.05) is 30.3 Å². The zero-order valence-corrected chi connectivity index (χ0v) is 18.9. The molecule has 1 aromatic heterocycles. The second kappa shape index (κ2) is 10.0. The number of benzene rings is 2. The Morgan fingerprint density at radius 3 is 2.43 bits per heavy atom. The maximum atomic E-state index is 12.8. The summed E-state index contributed by atoms with van der Waals surface area (Å²) in [6, 6.07) is 15.5. The topological polar surface area (TPSA) is 104 Å². The molecule has 8 nitrogen and oxygen atoms in total. The summed E-state index contributed by atoms with van der Waals surface area (Å²) in [4.78, 5) is 12.3. The van der Waals surface area contributed by atoms with Crippen molar-refractivity contribution in [2.45, 2.75) is 15.8 Å². The summed E-state index contributed by atoms with van der Waals surface area (Å²) >= 11 is 2.65. The lowest BCUT2D eigenvalue weighted by Crippen LogP contribution is -2.26. The number of carbonyl (C=O) groups excluding carboxylic acids is 1. The van der Waals surface area contributed by atoms with Crippen molar-refractivity contribution >= 4 is 49.8 Å². The van der Waals surface area contributed by atoms with Gasteiger partial charge in [-0.05, 0) is 29.8 Å². The van der Waals surface area contributed by atoms with Crippen molar-refractivity contribution in [3.8, 4) is 0 Å². The van der Waals surface area contributed by atoms with E-state index in [1.54, 1.807) is 26.2 Å². The molecule has 1 amide bonds. The zero-order valence-electron chi connectivity index (χ0n) is 16.4. The van der Waals surface area contributed by atoms with E-state index in [4.69, 9.17) is 0 Å². The van der Waals surface area contributed by atoms with Gasteiger partial charge in [0.05, 0.1) is 10.6 Å². The average molecular weight is 464 g/mol. The van der Waals surface area contributed by atoms with Gasteiger partial charge in [-0.2, -0.15) is 4.31 Å². The molecular weight excluding hydrogens is 442 g/mol. The highest BCUT2D eigenvalue weighted by Crippen LogP contribution is 2.25. The number of sulfonamides is 1. The molecule has 0 radical (unpaired) electrons. The van der Waals surface area contributed by atoms with Crippen LogP contribution in [0, 0.1) is 0 Å². The molecule has 0 fully saturated rings. The molecule has 0 atom stereocenters. The van der Waals surface area contributed by atoms with Gasteiger partial charge in [-0.15, -0.1) is 10.2 Å². The second-order valence-electron chi connectivity index (χ2n) is 6.23. The molecule has 30 heavy (non-hydrogen) atoms. The van der Waals surface area contributed by atoms with Crippen molar-refractivity contribution in [3.05, 3.63) is 60.2 Å². The molecule has 0 saturated heterocycles. The number of nitrogens with zero attached hydrogens (tertiary/aromatic N) is 3. The van der Waals surface area contributed by atoms with E-state index in [1.165, 1.54) is 39.5 Å². The Morgan fingerprint density at radius 2 is 1.80 bits per heavy atom. The molecule has 0 unspecified atom stereocenters. The van der Waals surface area contributed by atoms with Crippen LogP contribution >= 0.6 is 23.1 Å². The third-order valence-electron chi connectivity index (χ3n) is 4.04. The van der Waals surface area contributed by atoms with E-state index in [0.29, 0.717) is 15.2 Å². The third-order valence-corrected chi connectivity index (χ3v) is 7.93. The van der Waals surface area contributed by atoms with Gasteiger partial charge in [0.2, 0.25) is 21.1 Å². The van der Waals surface area contributed by atoms with Crippen LogP contribution in [0.2, 0.25) is 0 Å². The Labute approximate surface area is 183 Å². The summed E-state index contributed by atoms with van der Waals surface area (Å²) in [5.74, 6) is -0.0314. The summed E-state index contributed by atoms with van der Waals surface area (Å²) in [5, 5.41) is 14.2. The lowest BCUT2D eigenvalue weighted by atomic mass is 10.2. The van der Waals surface area contributed by atoms with E-state index in [-0.39, 0.29) is 23.1 Å². The molecule has 0 spiro atoms. The van der Waals surface area contributed by atoms with Crippen molar-refractivity contribution in [3.63, 3.8) is 0 Å². The van der Waals surface area contributed by atoms with Crippen molar-refractivity contribution in [2.24, 2.45) is 0 Å². The van der Waals surface area contributed by atoms with Gasteiger partial charge in [-0.3, -0.25) is 4.79 Å². The third kappa shape index (κ3) is 5.79. The zero-order chi connectivity index (χ0) is 21.6. The molecule has 2 N–H and O–H groups in total. The summed E-state index contributed by atoms with van der Waals surface area (Å²) in [6.07, 6.45) is 0. The molecule has 0 aliphatic rings. The molecule has 0 saturated carbocycles. The maximum Gasteiger partial charge on any atom is 0.243 e. The minimum atomic E-state index is -3.63. The Bertz CT molecular complexity index is 1090. The van der Waals surface area contributed by atoms with E-state index < -0.39 is 10.0 Å². The largest absolute Gasteiger partial charge is 0.363 e. The molecule has 2 aromatic carbocycles. The van der Waals surface area contributed by atoms with Gasteiger partial charge in [-0.25, -0.2) is 8.42 Å². The summed E-state index contributed by atoms with van der Waals surface area (Å²) in [7, 11) is -0.333. The van der Waals surface area contributed by atoms with E-state index in [2.05, 4.69) is 20.8 Å². The normalized spacial score (nSPS) is 11.4. The number of carbonyl (C=O) groups is 1. The van der Waals surface area contributed by atoms with Gasteiger partial charge in [0.15, 0.2) is 4.34 Å². The van der Waals surface area contributed by atoms with Gasteiger partial charge in [-0.1, -0.05) is 53.4 Å². The predicted octanol–water partition coefficient (Wildman–Crippen LogP) is 3.13. The van der Waals surface area contributed by atoms with Crippen LogP contribution in [0.5, 0.6) is 0 Å². The molecular formula is C19H21N5O3S3. The average Bonchev–Trinajstić information content (AvgIpc) is 3.21. The fraction of sp³-hybridized carbons (Fsp3) is 0.211. The van der Waals surface area contributed by atoms with E-state index in [9.17, 15) is 13.2 Å². The van der Waals surface area contributed by atoms with Crippen molar-refractivity contribution < 1.29 is 13.2 Å². The summed E-state index contributed by atoms with van der Waals surface area (Å²) in [6.45, 7) is 0.278. The van der Waals surface area contributed by atoms with Crippen LogP contribution in [0.15, 0.2) is 63.8 Å². The lowest BCUT2D eigenvalue weighted by molar-refractivity contribution is -0.113. The van der Waals surface area contributed by atoms with Crippen molar-refractivity contribution in [1.29, 1.82) is 0 Å². The Balaban J connectivity index is 1.57. The number of rotatable bonds is 9. The number of hydrogen-bond donors (Lipinski definition) is 2. The molecule has 0 aliphatic heterocycles. The van der Waals surface area contributed by atoms with Crippen molar-refractivity contribution in [2.75, 3.05) is 30.5 Å². The first-order valence-electron chi connectivity index (χ1n) is 8.93. The highest BCUT2D eigenvalue weighted by Gasteiger charge is 2.21. The number of nitrogens with one attached hydrogen (secondary N) is 2. The molecule has 0 bridgehead atoms. The quantitative estimate of drug-likeness (QED) is 0.470. The first-order valence-corrected chi connectivity index (χ1v) is 12.2. The van der Waals surface area contributed by atoms with Crippen LogP contribution in [-0.2, 0) is 21.4 Å². The van der Waals surface area contributed by atoms with Gasteiger partial charge in [0.1, 0.15) is 0 Å². The van der Waals surface area contributed by atoms with Gasteiger partial charge in [0, 0.05) is 26.3 Å². The minimum Gasteiger partial charge on any atom is -0.363 e. The number of thioether (sulfide) groups is 1. The fourth-order valence-corrected chi connectivity index (χ4v) is 5.17. The van der Waals surface area contributed by atoms with Crippen LogP contribution in [-0.4, -0.2) is 48.7 Å². The molecule has 1 heterocycles. The fourth-order valence-electron chi connectivity index (χ4n) is 2.51. The number of amides is 1. The van der Waals surface area contributed by atoms with Crippen LogP contribution in [0.1, 0.15) is 5.56 Å². The second-order valence-corrected chi connectivity index (χ2v) is 10.5. The Kier molecular flexibility index (Phi) is 7.43. The SMILES string of the molecule is CNc1nnc(SCC(=O)Nc2ccc(S(=O)(=O)N(C)Cc3ccccc3)cc2)s1. The van der Waals surface area contributed by atoms with Gasteiger partial charge in [0.25, 0.3) is 0 Å². The lowest BCUT2D eigenvalue weighted by Gasteiger charge is -2.17. The van der Waals surface area contributed by atoms with E-state index in [0.717, 1.165) is 5.56 Å². The molecule has 3 aromatic rings. The van der Waals surface area contributed by atoms with Crippen LogP contribution in [0.3, 0.4) is 0 Å². The molecule has 158 valence electrons.